The molecule has 0 radical (unpaired) electrons. The van der Waals surface area contributed by atoms with Crippen LogP contribution in [0.2, 0.25) is 0 Å². The SMILES string of the molecule is CC(CCO)NCC(C(=O)O)C(F)(F)F. The molecule has 0 heterocycles. The highest BCUT2D eigenvalue weighted by atomic mass is 19.4. The number of carboxylic acids is 1. The lowest BCUT2D eigenvalue weighted by Gasteiger charge is -2.19. The minimum Gasteiger partial charge on any atom is -0.481 e. The van der Waals surface area contributed by atoms with Crippen LogP contribution in [0.5, 0.6) is 0 Å². The Morgan fingerprint density at radius 2 is 2.00 bits per heavy atom. The first-order valence-electron chi connectivity index (χ1n) is 4.42. The van der Waals surface area contributed by atoms with Gasteiger partial charge in [-0.15, -0.1) is 0 Å². The number of aliphatic hydroxyl groups is 1. The van der Waals surface area contributed by atoms with Gasteiger partial charge < -0.3 is 15.5 Å². The lowest BCUT2D eigenvalue weighted by Crippen LogP contribution is -2.42. The normalized spacial score (nSPS) is 16.1. The Kier molecular flexibility index (Phi) is 5.59. The van der Waals surface area contributed by atoms with Crippen LogP contribution in [-0.4, -0.2) is 41.6 Å². The monoisotopic (exact) mass is 229 g/mol. The Labute approximate surface area is 85.1 Å². The van der Waals surface area contributed by atoms with Gasteiger partial charge in [0.1, 0.15) is 0 Å². The van der Waals surface area contributed by atoms with Crippen LogP contribution < -0.4 is 5.32 Å². The van der Waals surface area contributed by atoms with Crippen LogP contribution in [0.3, 0.4) is 0 Å². The minimum absolute atomic E-state index is 0.155. The average Bonchev–Trinajstić information content (AvgIpc) is 2.01. The van der Waals surface area contributed by atoms with Crippen LogP contribution in [0.25, 0.3) is 0 Å². The van der Waals surface area contributed by atoms with Gasteiger partial charge in [0.05, 0.1) is 0 Å². The smallest absolute Gasteiger partial charge is 0.403 e. The molecule has 0 saturated heterocycles. The van der Waals surface area contributed by atoms with Crippen LogP contribution >= 0.6 is 0 Å². The van der Waals surface area contributed by atoms with E-state index >= 15 is 0 Å². The van der Waals surface area contributed by atoms with E-state index in [9.17, 15) is 18.0 Å². The van der Waals surface area contributed by atoms with Crippen molar-refractivity contribution in [2.75, 3.05) is 13.2 Å². The number of hydrogen-bond donors (Lipinski definition) is 3. The van der Waals surface area contributed by atoms with Gasteiger partial charge >= 0.3 is 12.1 Å². The van der Waals surface area contributed by atoms with Crippen molar-refractivity contribution in [2.24, 2.45) is 5.92 Å². The number of hydrogen-bond acceptors (Lipinski definition) is 3. The first-order valence-corrected chi connectivity index (χ1v) is 4.42. The zero-order valence-corrected chi connectivity index (χ0v) is 8.21. The van der Waals surface area contributed by atoms with E-state index < -0.39 is 24.6 Å². The van der Waals surface area contributed by atoms with Crippen molar-refractivity contribution >= 4 is 5.97 Å². The van der Waals surface area contributed by atoms with E-state index in [-0.39, 0.29) is 19.1 Å². The molecule has 0 aromatic rings. The summed E-state index contributed by atoms with van der Waals surface area (Å²) in [5.74, 6) is -4.30. The number of halogens is 3. The van der Waals surface area contributed by atoms with Crippen molar-refractivity contribution in [1.82, 2.24) is 5.32 Å². The van der Waals surface area contributed by atoms with E-state index in [1.54, 1.807) is 6.92 Å². The third-order valence-corrected chi connectivity index (χ3v) is 1.93. The maximum absolute atomic E-state index is 12.1. The lowest BCUT2D eigenvalue weighted by atomic mass is 10.1. The molecule has 0 spiro atoms. The van der Waals surface area contributed by atoms with E-state index in [1.807, 2.05) is 0 Å². The van der Waals surface area contributed by atoms with Crippen LogP contribution in [0.15, 0.2) is 0 Å². The van der Waals surface area contributed by atoms with Crippen LogP contribution in [-0.2, 0) is 4.79 Å². The van der Waals surface area contributed by atoms with Gasteiger partial charge in [-0.25, -0.2) is 0 Å². The number of carboxylic acid groups (broad SMARTS) is 1. The second-order valence-electron chi connectivity index (χ2n) is 3.25. The molecule has 0 aliphatic carbocycles. The van der Waals surface area contributed by atoms with Gasteiger partial charge in [-0.05, 0) is 13.3 Å². The zero-order valence-electron chi connectivity index (χ0n) is 8.21. The summed E-state index contributed by atoms with van der Waals surface area (Å²) in [6.07, 6.45) is -4.47. The van der Waals surface area contributed by atoms with E-state index in [0.29, 0.717) is 0 Å². The number of carbonyl (C=O) groups is 1. The predicted molar refractivity (Wildman–Crippen MR) is 46.3 cm³/mol. The molecule has 3 N–H and O–H groups in total. The Hall–Kier alpha value is -0.820. The topological polar surface area (TPSA) is 69.6 Å². The highest BCUT2D eigenvalue weighted by Gasteiger charge is 2.44. The largest absolute Gasteiger partial charge is 0.481 e. The summed E-state index contributed by atoms with van der Waals surface area (Å²) in [5, 5.41) is 19.2. The van der Waals surface area contributed by atoms with E-state index in [2.05, 4.69) is 5.32 Å². The van der Waals surface area contributed by atoms with Gasteiger partial charge in [-0.3, -0.25) is 4.79 Å². The van der Waals surface area contributed by atoms with Crippen molar-refractivity contribution in [3.05, 3.63) is 0 Å². The molecule has 0 bridgehead atoms. The van der Waals surface area contributed by atoms with Gasteiger partial charge in [0.2, 0.25) is 0 Å². The maximum atomic E-state index is 12.1. The Morgan fingerprint density at radius 1 is 1.47 bits per heavy atom. The minimum atomic E-state index is -4.75. The quantitative estimate of drug-likeness (QED) is 0.624. The van der Waals surface area contributed by atoms with Gasteiger partial charge in [-0.1, -0.05) is 0 Å². The van der Waals surface area contributed by atoms with Gasteiger partial charge in [-0.2, -0.15) is 13.2 Å². The molecule has 4 nitrogen and oxygen atoms in total. The van der Waals surface area contributed by atoms with Gasteiger partial charge in [0.25, 0.3) is 0 Å². The summed E-state index contributed by atoms with van der Waals surface area (Å²) < 4.78 is 36.4. The van der Waals surface area contributed by atoms with Gasteiger partial charge in [0, 0.05) is 19.2 Å². The number of rotatable bonds is 6. The molecule has 0 fully saturated rings. The fraction of sp³-hybridized carbons (Fsp3) is 0.875. The molecule has 0 amide bonds. The summed E-state index contributed by atoms with van der Waals surface area (Å²) in [7, 11) is 0. The maximum Gasteiger partial charge on any atom is 0.403 e. The molecule has 0 aliphatic rings. The summed E-state index contributed by atoms with van der Waals surface area (Å²) in [6.45, 7) is 0.740. The number of nitrogens with one attached hydrogen (secondary N) is 1. The average molecular weight is 229 g/mol. The first-order chi connectivity index (χ1) is 6.79. The zero-order chi connectivity index (χ0) is 12.1. The molecule has 2 unspecified atom stereocenters. The molecule has 90 valence electrons. The van der Waals surface area contributed by atoms with Crippen molar-refractivity contribution in [3.8, 4) is 0 Å². The van der Waals surface area contributed by atoms with Crippen molar-refractivity contribution in [1.29, 1.82) is 0 Å². The summed E-state index contributed by atoms with van der Waals surface area (Å²) in [4.78, 5) is 10.3. The molecule has 0 aromatic heterocycles. The molecule has 0 aliphatic heterocycles. The Balaban J connectivity index is 4.15. The van der Waals surface area contributed by atoms with Gasteiger partial charge in [0.15, 0.2) is 5.92 Å². The number of aliphatic carboxylic acids is 1. The molecule has 0 aromatic carbocycles. The highest BCUT2D eigenvalue weighted by Crippen LogP contribution is 2.25. The van der Waals surface area contributed by atoms with Crippen LogP contribution in [0, 0.1) is 5.92 Å². The molecule has 7 heteroatoms. The second kappa shape index (κ2) is 5.92. The van der Waals surface area contributed by atoms with Crippen molar-refractivity contribution in [2.45, 2.75) is 25.6 Å². The fourth-order valence-electron chi connectivity index (χ4n) is 0.958. The van der Waals surface area contributed by atoms with Crippen molar-refractivity contribution < 1.29 is 28.2 Å². The third-order valence-electron chi connectivity index (χ3n) is 1.93. The van der Waals surface area contributed by atoms with Crippen molar-refractivity contribution in [3.63, 3.8) is 0 Å². The molecule has 0 rings (SSSR count). The van der Waals surface area contributed by atoms with Crippen LogP contribution in [0.1, 0.15) is 13.3 Å². The predicted octanol–water partition coefficient (Wildman–Crippen LogP) is 0.610. The third kappa shape index (κ3) is 5.58. The number of alkyl halides is 3. The first kappa shape index (κ1) is 14.2. The summed E-state index contributed by atoms with van der Waals surface area (Å²) >= 11 is 0. The summed E-state index contributed by atoms with van der Waals surface area (Å²) in [6, 6.07) is -0.348. The molecular weight excluding hydrogens is 215 g/mol. The molecule has 0 saturated carbocycles. The molecular formula is C8H14F3NO3. The van der Waals surface area contributed by atoms with Crippen LogP contribution in [0.4, 0.5) is 13.2 Å². The Bertz CT molecular complexity index is 208. The van der Waals surface area contributed by atoms with E-state index in [1.165, 1.54) is 0 Å². The number of aliphatic hydroxyl groups excluding tert-OH is 1. The van der Waals surface area contributed by atoms with E-state index in [0.717, 1.165) is 0 Å². The summed E-state index contributed by atoms with van der Waals surface area (Å²) in [5.41, 5.74) is 0. The highest BCUT2D eigenvalue weighted by molar-refractivity contribution is 5.71. The fourth-order valence-corrected chi connectivity index (χ4v) is 0.958. The Morgan fingerprint density at radius 3 is 2.33 bits per heavy atom. The lowest BCUT2D eigenvalue weighted by molar-refractivity contribution is -0.192. The second-order valence-corrected chi connectivity index (χ2v) is 3.25. The standard InChI is InChI=1S/C8H14F3NO3/c1-5(2-3-13)12-4-6(7(14)15)8(9,10)11/h5-6,12-13H,2-4H2,1H3,(H,14,15). The molecule has 2 atom stereocenters. The van der Waals surface area contributed by atoms with E-state index in [4.69, 9.17) is 10.2 Å². The molecule has 15 heavy (non-hydrogen) atoms.